The molecule has 0 radical (unpaired) electrons. The van der Waals surface area contributed by atoms with Crippen molar-refractivity contribution in [2.45, 2.75) is 13.0 Å². The number of amides is 1. The van der Waals surface area contributed by atoms with E-state index in [1.807, 2.05) is 0 Å². The maximum atomic E-state index is 12.0. The molecular formula is C16H12Cl2N4O2. The quantitative estimate of drug-likeness (QED) is 0.752. The average Bonchev–Trinajstić information content (AvgIpc) is 3.06. The number of carbonyl (C=O) groups is 1. The van der Waals surface area contributed by atoms with Gasteiger partial charge in [0.1, 0.15) is 0 Å². The van der Waals surface area contributed by atoms with Gasteiger partial charge in [-0.05, 0) is 29.8 Å². The molecule has 0 bridgehead atoms. The van der Waals surface area contributed by atoms with Gasteiger partial charge in [0.25, 0.3) is 0 Å². The molecular weight excluding hydrogens is 351 g/mol. The Morgan fingerprint density at radius 3 is 2.54 bits per heavy atom. The molecule has 0 atom stereocenters. The lowest BCUT2D eigenvalue weighted by atomic mass is 10.1. The zero-order valence-corrected chi connectivity index (χ0v) is 13.9. The SMILES string of the molecule is O=C(Cc1c(Cl)cccc1Cl)NCc1nc(-c2ccncc2)no1. The van der Waals surface area contributed by atoms with E-state index in [-0.39, 0.29) is 18.9 Å². The first kappa shape index (κ1) is 16.4. The molecule has 1 aromatic carbocycles. The number of rotatable bonds is 5. The van der Waals surface area contributed by atoms with Crippen LogP contribution in [0.1, 0.15) is 11.5 Å². The molecule has 122 valence electrons. The number of carbonyl (C=O) groups excluding carboxylic acids is 1. The van der Waals surface area contributed by atoms with Gasteiger partial charge in [-0.3, -0.25) is 9.78 Å². The Kier molecular flexibility index (Phi) is 5.08. The summed E-state index contributed by atoms with van der Waals surface area (Å²) < 4.78 is 5.12. The largest absolute Gasteiger partial charge is 0.347 e. The third-order valence-corrected chi connectivity index (χ3v) is 3.95. The van der Waals surface area contributed by atoms with Crippen molar-refractivity contribution in [3.8, 4) is 11.4 Å². The van der Waals surface area contributed by atoms with E-state index in [9.17, 15) is 4.79 Å². The van der Waals surface area contributed by atoms with E-state index in [4.69, 9.17) is 27.7 Å². The van der Waals surface area contributed by atoms with Crippen molar-refractivity contribution in [1.29, 1.82) is 0 Å². The second-order valence-corrected chi connectivity index (χ2v) is 5.72. The summed E-state index contributed by atoms with van der Waals surface area (Å²) in [5, 5.41) is 7.48. The Hall–Kier alpha value is -2.44. The van der Waals surface area contributed by atoms with Gasteiger partial charge in [-0.15, -0.1) is 0 Å². The van der Waals surface area contributed by atoms with Crippen molar-refractivity contribution in [2.24, 2.45) is 0 Å². The molecule has 0 aliphatic carbocycles. The first-order chi connectivity index (χ1) is 11.6. The van der Waals surface area contributed by atoms with E-state index in [1.165, 1.54) is 0 Å². The van der Waals surface area contributed by atoms with E-state index in [0.29, 0.717) is 27.3 Å². The van der Waals surface area contributed by atoms with Crippen molar-refractivity contribution in [3.63, 3.8) is 0 Å². The highest BCUT2D eigenvalue weighted by molar-refractivity contribution is 6.36. The van der Waals surface area contributed by atoms with Gasteiger partial charge in [0, 0.05) is 28.0 Å². The Bertz CT molecular complexity index is 832. The van der Waals surface area contributed by atoms with Crippen LogP contribution in [-0.2, 0) is 17.8 Å². The van der Waals surface area contributed by atoms with Crippen molar-refractivity contribution < 1.29 is 9.32 Å². The molecule has 0 aliphatic rings. The van der Waals surface area contributed by atoms with Crippen LogP contribution in [0.4, 0.5) is 0 Å². The fourth-order valence-electron chi connectivity index (χ4n) is 2.04. The van der Waals surface area contributed by atoms with Gasteiger partial charge in [0.15, 0.2) is 0 Å². The number of aromatic nitrogens is 3. The normalized spacial score (nSPS) is 10.6. The molecule has 6 nitrogen and oxygen atoms in total. The highest BCUT2D eigenvalue weighted by atomic mass is 35.5. The lowest BCUT2D eigenvalue weighted by molar-refractivity contribution is -0.120. The van der Waals surface area contributed by atoms with Gasteiger partial charge in [-0.2, -0.15) is 4.98 Å². The van der Waals surface area contributed by atoms with Crippen LogP contribution in [0.2, 0.25) is 10.0 Å². The Balaban J connectivity index is 1.60. The smallest absolute Gasteiger partial charge is 0.246 e. The Morgan fingerprint density at radius 1 is 1.12 bits per heavy atom. The highest BCUT2D eigenvalue weighted by Gasteiger charge is 2.13. The second kappa shape index (κ2) is 7.42. The van der Waals surface area contributed by atoms with Gasteiger partial charge in [-0.1, -0.05) is 34.4 Å². The molecule has 3 aromatic rings. The van der Waals surface area contributed by atoms with E-state index >= 15 is 0 Å². The van der Waals surface area contributed by atoms with Crippen molar-refractivity contribution in [2.75, 3.05) is 0 Å². The Labute approximate surface area is 147 Å². The fraction of sp³-hybridized carbons (Fsp3) is 0.125. The van der Waals surface area contributed by atoms with Gasteiger partial charge >= 0.3 is 0 Å². The lowest BCUT2D eigenvalue weighted by Gasteiger charge is -2.06. The van der Waals surface area contributed by atoms with Gasteiger partial charge in [0.2, 0.25) is 17.6 Å². The highest BCUT2D eigenvalue weighted by Crippen LogP contribution is 2.24. The maximum absolute atomic E-state index is 12.0. The number of nitrogens with zero attached hydrogens (tertiary/aromatic N) is 3. The average molecular weight is 363 g/mol. The zero-order chi connectivity index (χ0) is 16.9. The number of nitrogens with one attached hydrogen (secondary N) is 1. The summed E-state index contributed by atoms with van der Waals surface area (Å²) in [6.07, 6.45) is 3.35. The minimum atomic E-state index is -0.242. The minimum Gasteiger partial charge on any atom is -0.347 e. The van der Waals surface area contributed by atoms with Crippen molar-refractivity contribution in [1.82, 2.24) is 20.4 Å². The van der Waals surface area contributed by atoms with Crippen LogP contribution >= 0.6 is 23.2 Å². The third kappa shape index (κ3) is 3.90. The molecule has 0 saturated heterocycles. The Morgan fingerprint density at radius 2 is 1.83 bits per heavy atom. The van der Waals surface area contributed by atoms with Crippen LogP contribution in [0.5, 0.6) is 0 Å². The molecule has 2 aromatic heterocycles. The second-order valence-electron chi connectivity index (χ2n) is 4.90. The summed E-state index contributed by atoms with van der Waals surface area (Å²) in [5.74, 6) is 0.505. The molecule has 1 N–H and O–H groups in total. The number of halogens is 2. The van der Waals surface area contributed by atoms with E-state index in [2.05, 4.69) is 20.4 Å². The molecule has 24 heavy (non-hydrogen) atoms. The number of hydrogen-bond acceptors (Lipinski definition) is 5. The minimum absolute atomic E-state index is 0.0733. The van der Waals surface area contributed by atoms with E-state index in [1.54, 1.807) is 42.7 Å². The molecule has 0 fully saturated rings. The predicted molar refractivity (Wildman–Crippen MR) is 89.5 cm³/mol. The monoisotopic (exact) mass is 362 g/mol. The molecule has 0 saturated carbocycles. The van der Waals surface area contributed by atoms with E-state index < -0.39 is 0 Å². The predicted octanol–water partition coefficient (Wildman–Crippen LogP) is 3.30. The van der Waals surface area contributed by atoms with Crippen LogP contribution in [-0.4, -0.2) is 21.0 Å². The first-order valence-corrected chi connectivity index (χ1v) is 7.81. The number of pyridine rings is 1. The molecule has 0 aliphatic heterocycles. The standard InChI is InChI=1S/C16H12Cl2N4O2/c17-12-2-1-3-13(18)11(12)8-14(23)20-9-15-21-16(22-24-15)10-4-6-19-7-5-10/h1-7H,8-9H2,(H,20,23). The molecule has 2 heterocycles. The summed E-state index contributed by atoms with van der Waals surface area (Å²) in [7, 11) is 0. The number of benzene rings is 1. The van der Waals surface area contributed by atoms with Crippen LogP contribution in [0.3, 0.4) is 0 Å². The van der Waals surface area contributed by atoms with Gasteiger partial charge in [0.05, 0.1) is 13.0 Å². The molecule has 1 amide bonds. The first-order valence-electron chi connectivity index (χ1n) is 7.06. The molecule has 8 heteroatoms. The fourth-order valence-corrected chi connectivity index (χ4v) is 2.57. The molecule has 0 spiro atoms. The molecule has 0 unspecified atom stereocenters. The van der Waals surface area contributed by atoms with Crippen LogP contribution < -0.4 is 5.32 Å². The van der Waals surface area contributed by atoms with Gasteiger partial charge < -0.3 is 9.84 Å². The van der Waals surface area contributed by atoms with Crippen molar-refractivity contribution >= 4 is 29.1 Å². The lowest BCUT2D eigenvalue weighted by Crippen LogP contribution is -2.25. The van der Waals surface area contributed by atoms with Crippen LogP contribution in [0.15, 0.2) is 47.2 Å². The summed E-state index contributed by atoms with van der Waals surface area (Å²) in [6, 6.07) is 8.65. The van der Waals surface area contributed by atoms with E-state index in [0.717, 1.165) is 5.56 Å². The van der Waals surface area contributed by atoms with Crippen molar-refractivity contribution in [3.05, 3.63) is 64.2 Å². The maximum Gasteiger partial charge on any atom is 0.246 e. The third-order valence-electron chi connectivity index (χ3n) is 3.24. The number of hydrogen-bond donors (Lipinski definition) is 1. The summed E-state index contributed by atoms with van der Waals surface area (Å²) in [5.41, 5.74) is 1.37. The van der Waals surface area contributed by atoms with Crippen LogP contribution in [0.25, 0.3) is 11.4 Å². The summed E-state index contributed by atoms with van der Waals surface area (Å²) in [6.45, 7) is 0.124. The van der Waals surface area contributed by atoms with Crippen LogP contribution in [0, 0.1) is 0 Å². The van der Waals surface area contributed by atoms with Gasteiger partial charge in [-0.25, -0.2) is 0 Å². The zero-order valence-electron chi connectivity index (χ0n) is 12.4. The summed E-state index contributed by atoms with van der Waals surface area (Å²) >= 11 is 12.1. The summed E-state index contributed by atoms with van der Waals surface area (Å²) in [4.78, 5) is 20.2. The molecule has 3 rings (SSSR count). The topological polar surface area (TPSA) is 80.9 Å².